The molecular formula is C21H17ClN2O3. The smallest absolute Gasteiger partial charge is 0.340 e. The van der Waals surface area contributed by atoms with Gasteiger partial charge in [0.15, 0.2) is 0 Å². The van der Waals surface area contributed by atoms with Gasteiger partial charge in [0.05, 0.1) is 17.6 Å². The van der Waals surface area contributed by atoms with Crippen molar-refractivity contribution < 1.29 is 14.3 Å². The second-order valence-corrected chi connectivity index (χ2v) is 6.45. The number of hydrogen-bond acceptors (Lipinski definition) is 5. The van der Waals surface area contributed by atoms with Crippen molar-refractivity contribution in [1.29, 1.82) is 5.26 Å². The molecule has 2 aromatic carbocycles. The molecule has 0 saturated carbocycles. The fourth-order valence-electron chi connectivity index (χ4n) is 2.95. The fourth-order valence-corrected chi connectivity index (χ4v) is 3.15. The minimum atomic E-state index is -0.703. The topological polar surface area (TPSA) is 85.3 Å². The molecule has 136 valence electrons. The summed E-state index contributed by atoms with van der Waals surface area (Å²) in [6.07, 6.45) is 0. The lowest BCUT2D eigenvalue weighted by molar-refractivity contribution is -0.140. The third-order valence-corrected chi connectivity index (χ3v) is 4.46. The summed E-state index contributed by atoms with van der Waals surface area (Å²) in [4.78, 5) is 12.8. The maximum atomic E-state index is 12.8. The zero-order valence-corrected chi connectivity index (χ0v) is 15.4. The Labute approximate surface area is 162 Å². The number of nitrogens with zero attached hydrogens (tertiary/aromatic N) is 1. The summed E-state index contributed by atoms with van der Waals surface area (Å²) in [6, 6.07) is 18.3. The second kappa shape index (κ2) is 7.98. The monoisotopic (exact) mass is 380 g/mol. The Morgan fingerprint density at radius 2 is 2.00 bits per heavy atom. The maximum absolute atomic E-state index is 12.8. The molecular weight excluding hydrogens is 364 g/mol. The van der Waals surface area contributed by atoms with E-state index >= 15 is 0 Å². The number of halogens is 1. The molecule has 5 nitrogen and oxygen atoms in total. The Bertz CT molecular complexity index is 974. The number of ether oxygens (including phenoxy) is 2. The number of nitriles is 1. The summed E-state index contributed by atoms with van der Waals surface area (Å²) in [6.45, 7) is 1.72. The lowest BCUT2D eigenvalue weighted by Crippen LogP contribution is -2.26. The van der Waals surface area contributed by atoms with E-state index in [1.807, 2.05) is 30.3 Å². The van der Waals surface area contributed by atoms with Crippen LogP contribution >= 0.6 is 11.6 Å². The molecule has 0 aromatic heterocycles. The van der Waals surface area contributed by atoms with Crippen molar-refractivity contribution in [1.82, 2.24) is 0 Å². The third kappa shape index (κ3) is 3.97. The van der Waals surface area contributed by atoms with Crippen LogP contribution < -0.4 is 5.73 Å². The highest BCUT2D eigenvalue weighted by Crippen LogP contribution is 2.40. The number of rotatable bonds is 4. The maximum Gasteiger partial charge on any atom is 0.340 e. The summed E-state index contributed by atoms with van der Waals surface area (Å²) in [5.41, 5.74) is 7.89. The highest BCUT2D eigenvalue weighted by atomic mass is 35.5. The van der Waals surface area contributed by atoms with E-state index in [1.54, 1.807) is 31.2 Å². The van der Waals surface area contributed by atoms with Crippen LogP contribution in [0.15, 0.2) is 77.4 Å². The highest BCUT2D eigenvalue weighted by Gasteiger charge is 2.36. The third-order valence-electron chi connectivity index (χ3n) is 4.22. The predicted molar refractivity (Wildman–Crippen MR) is 101 cm³/mol. The van der Waals surface area contributed by atoms with Crippen molar-refractivity contribution in [2.75, 3.05) is 0 Å². The van der Waals surface area contributed by atoms with Gasteiger partial charge in [0.2, 0.25) is 5.88 Å². The molecule has 1 heterocycles. The molecule has 1 aliphatic heterocycles. The Kier molecular flexibility index (Phi) is 5.49. The fraction of sp³-hybridized carbons (Fsp3) is 0.143. The van der Waals surface area contributed by atoms with Crippen LogP contribution in [-0.4, -0.2) is 5.97 Å². The largest absolute Gasteiger partial charge is 0.457 e. The summed E-state index contributed by atoms with van der Waals surface area (Å²) in [5, 5.41) is 10.1. The van der Waals surface area contributed by atoms with Gasteiger partial charge in [0.1, 0.15) is 17.9 Å². The molecule has 0 saturated heterocycles. The van der Waals surface area contributed by atoms with E-state index < -0.39 is 11.9 Å². The first-order chi connectivity index (χ1) is 13.0. The van der Waals surface area contributed by atoms with E-state index in [1.165, 1.54) is 0 Å². The van der Waals surface area contributed by atoms with Crippen LogP contribution in [0.3, 0.4) is 0 Å². The number of esters is 1. The molecule has 0 amide bonds. The standard InChI is InChI=1S/C21H17ClN2O3/c1-13-17(11-23)18(15-8-5-9-16(22)10-15)19(20(24)27-13)21(25)26-12-14-6-3-2-4-7-14/h2-10,18H,12,24H2,1H3/t18-/m1/s1. The van der Waals surface area contributed by atoms with Gasteiger partial charge in [-0.1, -0.05) is 54.1 Å². The molecule has 0 fully saturated rings. The van der Waals surface area contributed by atoms with Crippen LogP contribution in [-0.2, 0) is 20.9 Å². The predicted octanol–water partition coefficient (Wildman–Crippen LogP) is 4.17. The Hall–Kier alpha value is -3.23. The molecule has 1 aliphatic rings. The van der Waals surface area contributed by atoms with Crippen LogP contribution in [0, 0.1) is 11.3 Å². The van der Waals surface area contributed by atoms with E-state index in [0.29, 0.717) is 16.3 Å². The summed E-state index contributed by atoms with van der Waals surface area (Å²) >= 11 is 6.10. The first-order valence-corrected chi connectivity index (χ1v) is 8.64. The van der Waals surface area contributed by atoms with Gasteiger partial charge in [-0.3, -0.25) is 0 Å². The first kappa shape index (κ1) is 18.6. The molecule has 0 radical (unpaired) electrons. The van der Waals surface area contributed by atoms with Crippen LogP contribution in [0.4, 0.5) is 0 Å². The molecule has 0 aliphatic carbocycles. The molecule has 0 unspecified atom stereocenters. The zero-order valence-electron chi connectivity index (χ0n) is 14.6. The van der Waals surface area contributed by atoms with Gasteiger partial charge in [0.25, 0.3) is 0 Å². The second-order valence-electron chi connectivity index (χ2n) is 6.01. The zero-order chi connectivity index (χ0) is 19.4. The van der Waals surface area contributed by atoms with Gasteiger partial charge in [-0.25, -0.2) is 4.79 Å². The van der Waals surface area contributed by atoms with E-state index in [9.17, 15) is 10.1 Å². The van der Waals surface area contributed by atoms with Crippen LogP contribution in [0.1, 0.15) is 24.0 Å². The van der Waals surface area contributed by atoms with E-state index in [2.05, 4.69) is 6.07 Å². The lowest BCUT2D eigenvalue weighted by atomic mass is 9.83. The minimum Gasteiger partial charge on any atom is -0.457 e. The lowest BCUT2D eigenvalue weighted by Gasteiger charge is -2.27. The van der Waals surface area contributed by atoms with E-state index in [0.717, 1.165) is 5.56 Å². The SMILES string of the molecule is CC1=C(C#N)[C@@H](c2cccc(Cl)c2)C(C(=O)OCc2ccccc2)=C(N)O1. The van der Waals surface area contributed by atoms with Gasteiger partial charge < -0.3 is 15.2 Å². The average Bonchev–Trinajstić information content (AvgIpc) is 2.66. The van der Waals surface area contributed by atoms with Crippen molar-refractivity contribution >= 4 is 17.6 Å². The summed E-state index contributed by atoms with van der Waals surface area (Å²) in [5.74, 6) is -1.07. The number of allylic oxidation sites excluding steroid dienone is 2. The van der Waals surface area contributed by atoms with Crippen LogP contribution in [0.25, 0.3) is 0 Å². The number of benzene rings is 2. The van der Waals surface area contributed by atoms with E-state index in [4.69, 9.17) is 26.8 Å². The highest BCUT2D eigenvalue weighted by molar-refractivity contribution is 6.30. The Morgan fingerprint density at radius 3 is 2.67 bits per heavy atom. The molecule has 3 rings (SSSR count). The number of nitrogens with two attached hydrogens (primary N) is 1. The van der Waals surface area contributed by atoms with Crippen LogP contribution in [0.5, 0.6) is 0 Å². The molecule has 2 N–H and O–H groups in total. The summed E-state index contributed by atoms with van der Waals surface area (Å²) in [7, 11) is 0. The Balaban J connectivity index is 1.96. The molecule has 2 aromatic rings. The quantitative estimate of drug-likeness (QED) is 0.805. The van der Waals surface area contributed by atoms with Gasteiger partial charge in [0, 0.05) is 5.02 Å². The minimum absolute atomic E-state index is 0.0745. The molecule has 1 atom stereocenters. The molecule has 27 heavy (non-hydrogen) atoms. The average molecular weight is 381 g/mol. The van der Waals surface area contributed by atoms with Crippen molar-refractivity contribution in [3.8, 4) is 6.07 Å². The van der Waals surface area contributed by atoms with Crippen molar-refractivity contribution in [2.24, 2.45) is 5.73 Å². The van der Waals surface area contributed by atoms with E-state index in [-0.39, 0.29) is 23.6 Å². The van der Waals surface area contributed by atoms with Gasteiger partial charge in [-0.2, -0.15) is 5.26 Å². The van der Waals surface area contributed by atoms with Crippen LogP contribution in [0.2, 0.25) is 5.02 Å². The van der Waals surface area contributed by atoms with Gasteiger partial charge in [-0.05, 0) is 30.2 Å². The number of carbonyl (C=O) groups is 1. The van der Waals surface area contributed by atoms with Crippen molar-refractivity contribution in [3.63, 3.8) is 0 Å². The van der Waals surface area contributed by atoms with Crippen molar-refractivity contribution in [3.05, 3.63) is 93.5 Å². The van der Waals surface area contributed by atoms with Gasteiger partial charge in [-0.15, -0.1) is 0 Å². The number of carbonyl (C=O) groups excluding carboxylic acids is 1. The summed E-state index contributed by atoms with van der Waals surface area (Å²) < 4.78 is 10.9. The van der Waals surface area contributed by atoms with Gasteiger partial charge >= 0.3 is 5.97 Å². The van der Waals surface area contributed by atoms with Crippen molar-refractivity contribution in [2.45, 2.75) is 19.4 Å². The number of hydrogen-bond donors (Lipinski definition) is 1. The molecule has 0 bridgehead atoms. The first-order valence-electron chi connectivity index (χ1n) is 8.26. The molecule has 0 spiro atoms. The normalized spacial score (nSPS) is 16.6. The Morgan fingerprint density at radius 1 is 1.26 bits per heavy atom. The molecule has 6 heteroatoms.